The first kappa shape index (κ1) is 15.4. The molecule has 1 aliphatic rings. The minimum Gasteiger partial charge on any atom is -0.316 e. The number of nitrogens with zero attached hydrogens (tertiary/aromatic N) is 1. The van der Waals surface area contributed by atoms with Crippen molar-refractivity contribution in [3.8, 4) is 0 Å². The molecule has 0 radical (unpaired) electrons. The van der Waals surface area contributed by atoms with E-state index >= 15 is 0 Å². The van der Waals surface area contributed by atoms with Gasteiger partial charge in [0.05, 0.1) is 0 Å². The van der Waals surface area contributed by atoms with E-state index in [2.05, 4.69) is 70.0 Å². The number of benzene rings is 1. The monoisotopic (exact) mass is 342 g/mol. The van der Waals surface area contributed by atoms with Crippen LogP contribution in [0.25, 0.3) is 0 Å². The van der Waals surface area contributed by atoms with Gasteiger partial charge in [-0.3, -0.25) is 4.90 Å². The van der Waals surface area contributed by atoms with Crippen molar-refractivity contribution in [2.45, 2.75) is 37.4 Å². The van der Waals surface area contributed by atoms with Crippen LogP contribution < -0.4 is 5.32 Å². The number of thioether (sulfide) groups is 1. The molecular formula is C15H23BrN2S. The molecule has 0 saturated carbocycles. The average molecular weight is 343 g/mol. The summed E-state index contributed by atoms with van der Waals surface area (Å²) in [4.78, 5) is 2.57. The van der Waals surface area contributed by atoms with E-state index in [1.165, 1.54) is 28.7 Å². The van der Waals surface area contributed by atoms with Gasteiger partial charge in [-0.25, -0.2) is 0 Å². The van der Waals surface area contributed by atoms with Crippen molar-refractivity contribution in [1.29, 1.82) is 0 Å². The fourth-order valence-corrected chi connectivity index (χ4v) is 4.63. The molecule has 4 heteroatoms. The molecule has 106 valence electrons. The topological polar surface area (TPSA) is 15.3 Å². The Kier molecular flexibility index (Phi) is 5.75. The van der Waals surface area contributed by atoms with Crippen molar-refractivity contribution in [2.24, 2.45) is 0 Å². The fourth-order valence-electron chi connectivity index (χ4n) is 2.69. The molecule has 1 fully saturated rings. The minimum atomic E-state index is 0.742. The smallest absolute Gasteiger partial charge is 0.0245 e. The SMILES string of the molecule is CNCc1ccc(CN2CC(C)SC(C)C2)c(Br)c1. The van der Waals surface area contributed by atoms with Crippen LogP contribution in [0.2, 0.25) is 0 Å². The molecule has 2 rings (SSSR count). The van der Waals surface area contributed by atoms with Crippen LogP contribution in [0.4, 0.5) is 0 Å². The van der Waals surface area contributed by atoms with Crippen LogP contribution in [0, 0.1) is 0 Å². The second-order valence-electron chi connectivity index (χ2n) is 5.41. The third-order valence-electron chi connectivity index (χ3n) is 3.39. The number of rotatable bonds is 4. The molecule has 2 nitrogen and oxygen atoms in total. The summed E-state index contributed by atoms with van der Waals surface area (Å²) in [6.45, 7) is 9.03. The lowest BCUT2D eigenvalue weighted by Crippen LogP contribution is -2.39. The molecule has 1 saturated heterocycles. The third-order valence-corrected chi connectivity index (χ3v) is 5.35. The second-order valence-corrected chi connectivity index (χ2v) is 8.14. The van der Waals surface area contributed by atoms with Crippen LogP contribution in [0.3, 0.4) is 0 Å². The molecule has 1 aromatic rings. The van der Waals surface area contributed by atoms with Gasteiger partial charge in [0.15, 0.2) is 0 Å². The zero-order chi connectivity index (χ0) is 13.8. The summed E-state index contributed by atoms with van der Waals surface area (Å²) in [5.41, 5.74) is 2.72. The Morgan fingerprint density at radius 1 is 1.32 bits per heavy atom. The van der Waals surface area contributed by atoms with Gasteiger partial charge in [0.25, 0.3) is 0 Å². The van der Waals surface area contributed by atoms with Gasteiger partial charge in [0, 0.05) is 41.2 Å². The van der Waals surface area contributed by atoms with Gasteiger partial charge in [-0.2, -0.15) is 11.8 Å². The standard InChI is InChI=1S/C15H23BrN2S/c1-11-8-18(9-12(2)19-11)10-14-5-4-13(7-17-3)6-15(14)16/h4-6,11-12,17H,7-10H2,1-3H3. The molecule has 1 aromatic carbocycles. The van der Waals surface area contributed by atoms with Crippen molar-refractivity contribution in [1.82, 2.24) is 10.2 Å². The van der Waals surface area contributed by atoms with Crippen LogP contribution in [-0.4, -0.2) is 35.5 Å². The lowest BCUT2D eigenvalue weighted by Gasteiger charge is -2.34. The molecule has 2 atom stereocenters. The summed E-state index contributed by atoms with van der Waals surface area (Å²) < 4.78 is 1.23. The van der Waals surface area contributed by atoms with E-state index in [4.69, 9.17) is 0 Å². The van der Waals surface area contributed by atoms with Gasteiger partial charge in [0.1, 0.15) is 0 Å². The minimum absolute atomic E-state index is 0.742. The van der Waals surface area contributed by atoms with Gasteiger partial charge in [-0.1, -0.05) is 41.9 Å². The number of hydrogen-bond donors (Lipinski definition) is 1. The normalized spacial score (nSPS) is 24.6. The quantitative estimate of drug-likeness (QED) is 0.901. The molecular weight excluding hydrogens is 320 g/mol. The summed E-state index contributed by atoms with van der Waals surface area (Å²) in [7, 11) is 1.98. The Morgan fingerprint density at radius 3 is 2.58 bits per heavy atom. The Morgan fingerprint density at radius 2 is 2.00 bits per heavy atom. The maximum absolute atomic E-state index is 3.71. The van der Waals surface area contributed by atoms with Crippen LogP contribution in [0.5, 0.6) is 0 Å². The fraction of sp³-hybridized carbons (Fsp3) is 0.600. The zero-order valence-corrected chi connectivity index (χ0v) is 14.4. The van der Waals surface area contributed by atoms with Crippen molar-refractivity contribution < 1.29 is 0 Å². The lowest BCUT2D eigenvalue weighted by atomic mass is 10.1. The summed E-state index contributed by atoms with van der Waals surface area (Å²) in [6.07, 6.45) is 0. The average Bonchev–Trinajstić information content (AvgIpc) is 2.32. The molecule has 1 heterocycles. The Bertz CT molecular complexity index is 415. The number of nitrogens with one attached hydrogen (secondary N) is 1. The highest BCUT2D eigenvalue weighted by Gasteiger charge is 2.22. The third kappa shape index (κ3) is 4.48. The first-order valence-electron chi connectivity index (χ1n) is 6.88. The Balaban J connectivity index is 2.02. The molecule has 1 N–H and O–H groups in total. The van der Waals surface area contributed by atoms with Crippen LogP contribution in [0.15, 0.2) is 22.7 Å². The summed E-state index contributed by atoms with van der Waals surface area (Å²) in [6, 6.07) is 6.72. The van der Waals surface area contributed by atoms with Gasteiger partial charge in [-0.15, -0.1) is 0 Å². The second kappa shape index (κ2) is 7.11. The molecule has 0 amide bonds. The van der Waals surface area contributed by atoms with Gasteiger partial charge in [0.2, 0.25) is 0 Å². The highest BCUT2D eigenvalue weighted by molar-refractivity contribution is 9.10. The number of halogens is 1. The van der Waals surface area contributed by atoms with Gasteiger partial charge in [-0.05, 0) is 24.2 Å². The molecule has 1 aliphatic heterocycles. The Labute approximate surface area is 129 Å². The van der Waals surface area contributed by atoms with Crippen molar-refractivity contribution in [3.63, 3.8) is 0 Å². The number of hydrogen-bond acceptors (Lipinski definition) is 3. The molecule has 19 heavy (non-hydrogen) atoms. The van der Waals surface area contributed by atoms with E-state index in [1.54, 1.807) is 0 Å². The van der Waals surface area contributed by atoms with Crippen molar-refractivity contribution >= 4 is 27.7 Å². The lowest BCUT2D eigenvalue weighted by molar-refractivity contribution is 0.262. The van der Waals surface area contributed by atoms with Crippen molar-refractivity contribution in [3.05, 3.63) is 33.8 Å². The van der Waals surface area contributed by atoms with E-state index in [1.807, 2.05) is 7.05 Å². The maximum atomic E-state index is 3.71. The van der Waals surface area contributed by atoms with Crippen LogP contribution in [0.1, 0.15) is 25.0 Å². The van der Waals surface area contributed by atoms with E-state index in [0.717, 1.165) is 23.6 Å². The maximum Gasteiger partial charge on any atom is 0.0245 e. The van der Waals surface area contributed by atoms with Crippen molar-refractivity contribution in [2.75, 3.05) is 20.1 Å². The largest absolute Gasteiger partial charge is 0.316 e. The predicted octanol–water partition coefficient (Wildman–Crippen LogP) is 3.49. The predicted molar refractivity (Wildman–Crippen MR) is 88.7 cm³/mol. The first-order chi connectivity index (χ1) is 9.08. The van der Waals surface area contributed by atoms with Crippen LogP contribution in [-0.2, 0) is 13.1 Å². The molecule has 0 aliphatic carbocycles. The first-order valence-corrected chi connectivity index (χ1v) is 8.61. The zero-order valence-electron chi connectivity index (χ0n) is 11.9. The highest BCUT2D eigenvalue weighted by atomic mass is 79.9. The highest BCUT2D eigenvalue weighted by Crippen LogP contribution is 2.27. The van der Waals surface area contributed by atoms with E-state index in [-0.39, 0.29) is 0 Å². The van der Waals surface area contributed by atoms with E-state index in [9.17, 15) is 0 Å². The molecule has 2 unspecified atom stereocenters. The van der Waals surface area contributed by atoms with Gasteiger partial charge < -0.3 is 5.32 Å². The molecule has 0 aromatic heterocycles. The summed E-state index contributed by atoms with van der Waals surface area (Å²) in [5.74, 6) is 0. The molecule has 0 spiro atoms. The van der Waals surface area contributed by atoms with E-state index in [0.29, 0.717) is 0 Å². The molecule has 0 bridgehead atoms. The summed E-state index contributed by atoms with van der Waals surface area (Å²) in [5, 5.41) is 4.67. The Hall–Kier alpha value is -0.0300. The van der Waals surface area contributed by atoms with Gasteiger partial charge >= 0.3 is 0 Å². The van der Waals surface area contributed by atoms with Crippen LogP contribution >= 0.6 is 27.7 Å². The summed E-state index contributed by atoms with van der Waals surface area (Å²) >= 11 is 5.82. The van der Waals surface area contributed by atoms with E-state index < -0.39 is 0 Å².